The molecule has 8 nitrogen and oxygen atoms in total. The summed E-state index contributed by atoms with van der Waals surface area (Å²) in [5, 5.41) is 13.7. The highest BCUT2D eigenvalue weighted by atomic mass is 31.2. The van der Waals surface area contributed by atoms with Crippen molar-refractivity contribution in [1.82, 2.24) is 5.32 Å². The molecule has 0 saturated heterocycles. The van der Waals surface area contributed by atoms with Gasteiger partial charge in [0, 0.05) is 6.42 Å². The van der Waals surface area contributed by atoms with Gasteiger partial charge in [-0.1, -0.05) is 201 Å². The van der Waals surface area contributed by atoms with Gasteiger partial charge in [-0.05, 0) is 77.0 Å². The normalized spacial score (nSPS) is 15.0. The van der Waals surface area contributed by atoms with Crippen molar-refractivity contribution in [1.29, 1.82) is 0 Å². The molecule has 0 aliphatic heterocycles. The number of quaternary nitrogens is 1. The van der Waals surface area contributed by atoms with Crippen LogP contribution in [-0.2, 0) is 18.4 Å². The van der Waals surface area contributed by atoms with Crippen LogP contribution in [0.2, 0.25) is 0 Å². The Labute approximate surface area is 388 Å². The van der Waals surface area contributed by atoms with E-state index in [1.807, 2.05) is 27.2 Å². The van der Waals surface area contributed by atoms with Crippen molar-refractivity contribution in [2.24, 2.45) is 0 Å². The number of allylic oxidation sites excluding steroid dienone is 15. The van der Waals surface area contributed by atoms with Gasteiger partial charge in [-0.15, -0.1) is 0 Å². The number of phosphoric acid groups is 1. The summed E-state index contributed by atoms with van der Waals surface area (Å²) in [4.78, 5) is 23.1. The van der Waals surface area contributed by atoms with E-state index in [0.29, 0.717) is 17.4 Å². The van der Waals surface area contributed by atoms with Gasteiger partial charge in [0.15, 0.2) is 0 Å². The summed E-state index contributed by atoms with van der Waals surface area (Å²) >= 11 is 0. The molecule has 9 heteroatoms. The number of nitrogens with zero attached hydrogens (tertiary/aromatic N) is 1. The van der Waals surface area contributed by atoms with Gasteiger partial charge in [-0.2, -0.15) is 0 Å². The topological polar surface area (TPSA) is 105 Å². The fraction of sp³-hybridized carbons (Fsp3) is 0.685. The minimum Gasteiger partial charge on any atom is -0.387 e. The molecule has 3 atom stereocenters. The molecule has 0 bridgehead atoms. The summed E-state index contributed by atoms with van der Waals surface area (Å²) in [5.74, 6) is -0.196. The average Bonchev–Trinajstić information content (AvgIpc) is 3.24. The number of carbonyl (C=O) groups excluding carboxylic acids is 1. The van der Waals surface area contributed by atoms with Crippen molar-refractivity contribution in [2.45, 2.75) is 199 Å². The molecule has 0 saturated carbocycles. The first-order valence-corrected chi connectivity index (χ1v) is 26.6. The number of amides is 1. The zero-order valence-corrected chi connectivity index (χ0v) is 41.9. The third-order valence-corrected chi connectivity index (χ3v) is 11.5. The molecule has 63 heavy (non-hydrogen) atoms. The summed E-state index contributed by atoms with van der Waals surface area (Å²) in [7, 11) is 1.54. The Bertz CT molecular complexity index is 1340. The third-order valence-electron chi connectivity index (χ3n) is 10.5. The molecule has 0 spiro atoms. The Kier molecular flexibility index (Phi) is 42.8. The standard InChI is InChI=1S/C54H95N2O6P/c1-6-8-10-12-14-16-17-18-19-20-21-22-23-24-25-26-27-28-29-30-31-32-33-34-35-36-37-38-39-40-42-44-46-48-54(58)55-52(51-62-63(59,60)61-50-49-56(3,4)5)53(57)47-45-43-41-15-13-11-9-7-2/h8,10,13-16,18-19,21-22,24-25,27-28,45,47,52-53,57H,6-7,9,11-12,17,20,23,26,29-44,46,48-51H2,1-5H3,(H-,55,58,59,60)/p+1/b10-8-,15-13+,16-14-,19-18-,22-21-,25-24-,28-27-,47-45+. The lowest BCUT2D eigenvalue weighted by molar-refractivity contribution is -0.870. The molecule has 1 amide bonds. The second-order valence-corrected chi connectivity index (χ2v) is 19.3. The first-order chi connectivity index (χ1) is 30.5. The van der Waals surface area contributed by atoms with Crippen LogP contribution in [0.15, 0.2) is 97.2 Å². The van der Waals surface area contributed by atoms with Crippen molar-refractivity contribution in [3.05, 3.63) is 97.2 Å². The first kappa shape index (κ1) is 60.4. The van der Waals surface area contributed by atoms with Crippen LogP contribution in [0.3, 0.4) is 0 Å². The minimum atomic E-state index is -4.34. The fourth-order valence-corrected chi connectivity index (χ4v) is 7.31. The molecule has 3 N–H and O–H groups in total. The molecule has 0 aromatic rings. The van der Waals surface area contributed by atoms with Crippen LogP contribution >= 0.6 is 7.82 Å². The van der Waals surface area contributed by atoms with Crippen LogP contribution in [0.25, 0.3) is 0 Å². The van der Waals surface area contributed by atoms with E-state index in [4.69, 9.17) is 9.05 Å². The summed E-state index contributed by atoms with van der Waals surface area (Å²) in [6.45, 7) is 4.58. The van der Waals surface area contributed by atoms with E-state index in [1.54, 1.807) is 6.08 Å². The maximum atomic E-state index is 12.9. The number of phosphoric ester groups is 1. The van der Waals surface area contributed by atoms with E-state index >= 15 is 0 Å². The summed E-state index contributed by atoms with van der Waals surface area (Å²) in [6, 6.07) is -0.865. The number of unbranched alkanes of at least 4 members (excludes halogenated alkanes) is 17. The van der Waals surface area contributed by atoms with Crippen LogP contribution in [0.4, 0.5) is 0 Å². The monoisotopic (exact) mass is 900 g/mol. The number of aliphatic hydroxyl groups excluding tert-OH is 1. The zero-order chi connectivity index (χ0) is 46.4. The van der Waals surface area contributed by atoms with E-state index in [0.717, 1.165) is 77.0 Å². The number of rotatable bonds is 44. The Balaban J connectivity index is 4.02. The largest absolute Gasteiger partial charge is 0.472 e. The van der Waals surface area contributed by atoms with Crippen molar-refractivity contribution in [2.75, 3.05) is 40.9 Å². The molecule has 0 aliphatic carbocycles. The van der Waals surface area contributed by atoms with Crippen LogP contribution in [-0.4, -0.2) is 73.4 Å². The Hall–Kier alpha value is -2.58. The van der Waals surface area contributed by atoms with Gasteiger partial charge in [0.2, 0.25) is 5.91 Å². The number of hydrogen-bond donors (Lipinski definition) is 3. The summed E-state index contributed by atoms with van der Waals surface area (Å²) < 4.78 is 23.5. The second kappa shape index (κ2) is 44.6. The molecule has 0 aromatic heterocycles. The van der Waals surface area contributed by atoms with Crippen LogP contribution in [0.5, 0.6) is 0 Å². The molecule has 0 radical (unpaired) electrons. The van der Waals surface area contributed by atoms with E-state index in [-0.39, 0.29) is 19.1 Å². The van der Waals surface area contributed by atoms with E-state index < -0.39 is 20.0 Å². The smallest absolute Gasteiger partial charge is 0.387 e. The lowest BCUT2D eigenvalue weighted by Crippen LogP contribution is -2.45. The highest BCUT2D eigenvalue weighted by Crippen LogP contribution is 2.43. The lowest BCUT2D eigenvalue weighted by atomic mass is 10.0. The highest BCUT2D eigenvalue weighted by Gasteiger charge is 2.27. The van der Waals surface area contributed by atoms with Crippen LogP contribution in [0, 0.1) is 0 Å². The van der Waals surface area contributed by atoms with Gasteiger partial charge < -0.3 is 19.8 Å². The lowest BCUT2D eigenvalue weighted by Gasteiger charge is -2.25. The number of carbonyl (C=O) groups is 1. The number of hydrogen-bond acceptors (Lipinski definition) is 5. The van der Waals surface area contributed by atoms with Gasteiger partial charge in [0.05, 0.1) is 39.9 Å². The average molecular weight is 900 g/mol. The number of nitrogens with one attached hydrogen (secondary N) is 1. The van der Waals surface area contributed by atoms with Gasteiger partial charge >= 0.3 is 7.82 Å². The highest BCUT2D eigenvalue weighted by molar-refractivity contribution is 7.47. The van der Waals surface area contributed by atoms with Crippen molar-refractivity contribution in [3.63, 3.8) is 0 Å². The molecular formula is C54H96N2O6P+. The summed E-state index contributed by atoms with van der Waals surface area (Å²) in [5.41, 5.74) is 0. The molecule has 362 valence electrons. The molecule has 0 aliphatic rings. The second-order valence-electron chi connectivity index (χ2n) is 17.8. The van der Waals surface area contributed by atoms with Crippen LogP contribution in [0.1, 0.15) is 187 Å². The predicted molar refractivity (Wildman–Crippen MR) is 272 cm³/mol. The molecule has 0 fully saturated rings. The van der Waals surface area contributed by atoms with Gasteiger partial charge in [0.1, 0.15) is 13.2 Å². The molecular weight excluding hydrogens is 804 g/mol. The first-order valence-electron chi connectivity index (χ1n) is 25.1. The predicted octanol–water partition coefficient (Wildman–Crippen LogP) is 14.7. The quantitative estimate of drug-likeness (QED) is 0.0243. The SMILES string of the molecule is CC/C=C\C/C=C\C/C=C\C/C=C\C/C=C\C/C=C\CCCCCCCCCCCCCCCCC(=O)NC(COP(=O)(O)OCC[N+](C)(C)C)C(O)/C=C/CC/C=C/CCCC. The Morgan fingerprint density at radius 2 is 0.968 bits per heavy atom. The molecule has 0 rings (SSSR count). The van der Waals surface area contributed by atoms with E-state index in [9.17, 15) is 19.4 Å². The van der Waals surface area contributed by atoms with E-state index in [1.165, 1.54) is 89.9 Å². The van der Waals surface area contributed by atoms with Gasteiger partial charge in [-0.3, -0.25) is 13.8 Å². The maximum Gasteiger partial charge on any atom is 0.472 e. The fourth-order valence-electron chi connectivity index (χ4n) is 6.57. The number of aliphatic hydroxyl groups is 1. The van der Waals surface area contributed by atoms with Crippen molar-refractivity contribution in [3.8, 4) is 0 Å². The van der Waals surface area contributed by atoms with Gasteiger partial charge in [0.25, 0.3) is 0 Å². The van der Waals surface area contributed by atoms with Crippen LogP contribution < -0.4 is 5.32 Å². The Morgan fingerprint density at radius 1 is 0.556 bits per heavy atom. The maximum absolute atomic E-state index is 12.9. The van der Waals surface area contributed by atoms with Crippen molar-refractivity contribution >= 4 is 13.7 Å². The minimum absolute atomic E-state index is 0.0519. The van der Waals surface area contributed by atoms with Gasteiger partial charge in [-0.25, -0.2) is 4.57 Å². The van der Waals surface area contributed by atoms with E-state index in [2.05, 4.69) is 104 Å². The zero-order valence-electron chi connectivity index (χ0n) is 41.0. The van der Waals surface area contributed by atoms with Crippen molar-refractivity contribution < 1.29 is 32.9 Å². The summed E-state index contributed by atoms with van der Waals surface area (Å²) in [6.07, 6.45) is 63.8. The Morgan fingerprint density at radius 3 is 1.46 bits per heavy atom. The number of likely N-dealkylation sites (N-methyl/N-ethyl adjacent to an activating group) is 1. The molecule has 0 heterocycles. The molecule has 3 unspecified atom stereocenters. The molecule has 0 aromatic carbocycles. The third kappa shape index (κ3) is 47.2.